The summed E-state index contributed by atoms with van der Waals surface area (Å²) in [6.07, 6.45) is 4.18. The molecule has 4 rings (SSSR count). The Morgan fingerprint density at radius 3 is 2.69 bits per heavy atom. The molecule has 0 spiro atoms. The molecule has 2 N–H and O–H groups in total. The minimum atomic E-state index is -1.05. The maximum atomic E-state index is 13.2. The first-order valence-corrected chi connectivity index (χ1v) is 12.3. The highest BCUT2D eigenvalue weighted by molar-refractivity contribution is 6.43. The fourth-order valence-corrected chi connectivity index (χ4v) is 5.89. The van der Waals surface area contributed by atoms with Gasteiger partial charge < -0.3 is 19.5 Å². The van der Waals surface area contributed by atoms with Crippen molar-refractivity contribution < 1.29 is 33.9 Å². The molecule has 1 aliphatic carbocycles. The van der Waals surface area contributed by atoms with E-state index >= 15 is 0 Å². The SMILES string of the molecule is CCC1=C2[C@@H](CC/C(=C/c3cccc(O)c3)CC)OB(O)C[C@@H]2[C@@H]2C(=O)N(C(=O)OC)C(=O)[C@@H]2C1. The Hall–Kier alpha value is -2.91. The number of amides is 3. The predicted molar refractivity (Wildman–Crippen MR) is 130 cm³/mol. The molecule has 1 aromatic rings. The van der Waals surface area contributed by atoms with Crippen LogP contribution >= 0.6 is 0 Å². The number of rotatable bonds is 6. The third-order valence-corrected chi connectivity index (χ3v) is 7.51. The van der Waals surface area contributed by atoms with Gasteiger partial charge in [0.05, 0.1) is 25.0 Å². The number of carbonyl (C=O) groups is 3. The van der Waals surface area contributed by atoms with Crippen LogP contribution in [0.5, 0.6) is 5.75 Å². The molecule has 3 aliphatic rings. The molecule has 35 heavy (non-hydrogen) atoms. The number of imide groups is 3. The molecular formula is C26H32BNO7. The molecule has 0 radical (unpaired) electrons. The fourth-order valence-electron chi connectivity index (χ4n) is 5.89. The summed E-state index contributed by atoms with van der Waals surface area (Å²) in [7, 11) is 0.0939. The van der Waals surface area contributed by atoms with Crippen molar-refractivity contribution >= 4 is 31.1 Å². The van der Waals surface area contributed by atoms with Crippen molar-refractivity contribution in [3.8, 4) is 5.75 Å². The number of carbonyl (C=O) groups excluding carboxylic acids is 3. The van der Waals surface area contributed by atoms with Crippen LogP contribution in [0.25, 0.3) is 6.08 Å². The summed E-state index contributed by atoms with van der Waals surface area (Å²) < 4.78 is 10.7. The number of benzene rings is 1. The highest BCUT2D eigenvalue weighted by atomic mass is 16.5. The normalized spacial score (nSPS) is 26.7. The monoisotopic (exact) mass is 481 g/mol. The molecule has 0 unspecified atom stereocenters. The van der Waals surface area contributed by atoms with Gasteiger partial charge in [-0.05, 0) is 67.6 Å². The number of aromatic hydroxyl groups is 1. The third kappa shape index (κ3) is 4.79. The molecule has 0 aromatic heterocycles. The number of ether oxygens (including phenoxy) is 1. The van der Waals surface area contributed by atoms with Gasteiger partial charge in [-0.15, -0.1) is 0 Å². The zero-order valence-corrected chi connectivity index (χ0v) is 20.4. The number of fused-ring (bicyclic) bond motifs is 3. The largest absolute Gasteiger partial charge is 0.508 e. The van der Waals surface area contributed by atoms with E-state index in [1.165, 1.54) is 5.57 Å². The summed E-state index contributed by atoms with van der Waals surface area (Å²) >= 11 is 0. The van der Waals surface area contributed by atoms with Gasteiger partial charge in [-0.2, -0.15) is 4.90 Å². The van der Waals surface area contributed by atoms with Gasteiger partial charge in [0.2, 0.25) is 11.8 Å². The van der Waals surface area contributed by atoms with E-state index in [9.17, 15) is 24.5 Å². The Labute approximate surface area is 205 Å². The topological polar surface area (TPSA) is 113 Å². The van der Waals surface area contributed by atoms with Crippen molar-refractivity contribution in [3.05, 3.63) is 46.5 Å². The van der Waals surface area contributed by atoms with Gasteiger partial charge in [-0.25, -0.2) is 4.79 Å². The molecule has 4 atom stereocenters. The first-order chi connectivity index (χ1) is 16.8. The van der Waals surface area contributed by atoms with Gasteiger partial charge >= 0.3 is 13.2 Å². The lowest BCUT2D eigenvalue weighted by Gasteiger charge is -2.43. The van der Waals surface area contributed by atoms with Gasteiger partial charge in [0.25, 0.3) is 0 Å². The second-order valence-corrected chi connectivity index (χ2v) is 9.44. The van der Waals surface area contributed by atoms with Crippen LogP contribution in [0.2, 0.25) is 6.32 Å². The predicted octanol–water partition coefficient (Wildman–Crippen LogP) is 3.94. The van der Waals surface area contributed by atoms with Crippen LogP contribution in [-0.4, -0.2) is 53.3 Å². The van der Waals surface area contributed by atoms with E-state index in [-0.39, 0.29) is 24.1 Å². The van der Waals surface area contributed by atoms with Gasteiger partial charge in [0, 0.05) is 0 Å². The smallest absolute Gasteiger partial charge is 0.455 e. The van der Waals surface area contributed by atoms with Crippen LogP contribution in [0, 0.1) is 17.8 Å². The molecular weight excluding hydrogens is 449 g/mol. The van der Waals surface area contributed by atoms with E-state index < -0.39 is 36.9 Å². The van der Waals surface area contributed by atoms with Crippen molar-refractivity contribution in [2.24, 2.45) is 17.8 Å². The number of nitrogens with zero attached hydrogens (tertiary/aromatic N) is 1. The van der Waals surface area contributed by atoms with Crippen LogP contribution in [0.4, 0.5) is 4.79 Å². The van der Waals surface area contributed by atoms with E-state index in [1.54, 1.807) is 18.2 Å². The first-order valence-electron chi connectivity index (χ1n) is 12.3. The van der Waals surface area contributed by atoms with Crippen molar-refractivity contribution in [1.29, 1.82) is 0 Å². The molecule has 2 saturated heterocycles. The van der Waals surface area contributed by atoms with Crippen LogP contribution < -0.4 is 0 Å². The number of phenolic OH excluding ortho intramolecular Hbond substituents is 1. The second-order valence-electron chi connectivity index (χ2n) is 9.44. The van der Waals surface area contributed by atoms with E-state index in [1.807, 2.05) is 13.0 Å². The van der Waals surface area contributed by atoms with Crippen molar-refractivity contribution in [1.82, 2.24) is 4.90 Å². The Morgan fingerprint density at radius 1 is 1.26 bits per heavy atom. The maximum absolute atomic E-state index is 13.2. The molecule has 3 amide bonds. The highest BCUT2D eigenvalue weighted by Gasteiger charge is 2.58. The van der Waals surface area contributed by atoms with E-state index in [4.69, 9.17) is 4.65 Å². The molecule has 0 saturated carbocycles. The molecule has 2 heterocycles. The minimum absolute atomic E-state index is 0.210. The number of allylic oxidation sites excluding steroid dienone is 2. The van der Waals surface area contributed by atoms with Crippen LogP contribution in [0.3, 0.4) is 0 Å². The van der Waals surface area contributed by atoms with Gasteiger partial charge in [-0.3, -0.25) is 9.59 Å². The minimum Gasteiger partial charge on any atom is -0.508 e. The summed E-state index contributed by atoms with van der Waals surface area (Å²) in [6, 6.07) is 7.07. The second kappa shape index (κ2) is 10.4. The number of likely N-dealkylation sites (tertiary alicyclic amines) is 1. The molecule has 2 fully saturated rings. The summed E-state index contributed by atoms with van der Waals surface area (Å²) in [5.74, 6) is -2.52. The van der Waals surface area contributed by atoms with E-state index in [0.717, 1.165) is 30.2 Å². The van der Waals surface area contributed by atoms with Crippen molar-refractivity contribution in [3.63, 3.8) is 0 Å². The number of hydrogen-bond acceptors (Lipinski definition) is 7. The van der Waals surface area contributed by atoms with Crippen LogP contribution in [-0.2, 0) is 19.0 Å². The average Bonchev–Trinajstić information content (AvgIpc) is 3.09. The third-order valence-electron chi connectivity index (χ3n) is 7.51. The summed E-state index contributed by atoms with van der Waals surface area (Å²) in [5.41, 5.74) is 4.15. The quantitative estimate of drug-likeness (QED) is 0.360. The number of hydrogen-bond donors (Lipinski definition) is 2. The zero-order chi connectivity index (χ0) is 25.3. The highest BCUT2D eigenvalue weighted by Crippen LogP contribution is 2.51. The Kier molecular flexibility index (Phi) is 7.47. The average molecular weight is 481 g/mol. The molecule has 186 valence electrons. The van der Waals surface area contributed by atoms with Crippen LogP contribution in [0.1, 0.15) is 51.5 Å². The molecule has 9 heteroatoms. The lowest BCUT2D eigenvalue weighted by molar-refractivity contribution is -0.137. The van der Waals surface area contributed by atoms with Crippen LogP contribution in [0.15, 0.2) is 41.0 Å². The van der Waals surface area contributed by atoms with E-state index in [0.29, 0.717) is 30.6 Å². The van der Waals surface area contributed by atoms with Crippen molar-refractivity contribution in [2.45, 2.75) is 58.4 Å². The molecule has 8 nitrogen and oxygen atoms in total. The molecule has 0 bridgehead atoms. The Bertz CT molecular complexity index is 1080. The maximum Gasteiger partial charge on any atom is 0.455 e. The number of phenols is 1. The fraction of sp³-hybridized carbons (Fsp3) is 0.500. The summed E-state index contributed by atoms with van der Waals surface area (Å²) in [4.78, 5) is 38.9. The first kappa shape index (κ1) is 25.2. The van der Waals surface area contributed by atoms with Gasteiger partial charge in [0.15, 0.2) is 0 Å². The molecule has 1 aromatic carbocycles. The molecule has 2 aliphatic heterocycles. The standard InChI is InChI=1S/C26H32BNO7/c1-4-15(11-16-7-6-8-18(29)12-16)9-10-21-22-17(5-2)13-19-23(20(22)14-27(33)35-21)25(31)28(24(19)30)26(32)34-3/h6-8,11-12,19-21,23,29,33H,4-5,9-10,13-14H2,1-3H3/b15-11+/t19-,20+,21-,23-/m1/s1. The zero-order valence-electron chi connectivity index (χ0n) is 20.4. The van der Waals surface area contributed by atoms with E-state index in [2.05, 4.69) is 17.7 Å². The van der Waals surface area contributed by atoms with Crippen molar-refractivity contribution in [2.75, 3.05) is 7.11 Å². The summed E-state index contributed by atoms with van der Waals surface area (Å²) in [5, 5.41) is 20.3. The summed E-state index contributed by atoms with van der Waals surface area (Å²) in [6.45, 7) is 4.08. The lowest BCUT2D eigenvalue weighted by Crippen LogP contribution is -2.46. The van der Waals surface area contributed by atoms with Gasteiger partial charge in [-0.1, -0.05) is 43.2 Å². The Morgan fingerprint density at radius 2 is 2.03 bits per heavy atom. The number of methoxy groups -OCH3 is 1. The lowest BCUT2D eigenvalue weighted by atomic mass is 9.58. The Balaban J connectivity index is 1.61. The van der Waals surface area contributed by atoms with Gasteiger partial charge in [0.1, 0.15) is 5.75 Å².